The fraction of sp³-hybridized carbons (Fsp3) is 0.0625. The van der Waals surface area contributed by atoms with Crippen molar-refractivity contribution in [1.82, 2.24) is 0 Å². The lowest BCUT2D eigenvalue weighted by Gasteiger charge is -2.04. The van der Waals surface area contributed by atoms with Crippen LogP contribution < -0.4 is 0 Å². The Labute approximate surface area is 112 Å². The van der Waals surface area contributed by atoms with E-state index in [9.17, 15) is 4.79 Å². The zero-order valence-corrected chi connectivity index (χ0v) is 10.8. The molecule has 2 aromatic carbocycles. The Morgan fingerprint density at radius 1 is 1.00 bits per heavy atom. The summed E-state index contributed by atoms with van der Waals surface area (Å²) in [5.74, 6) is 0.0428. The summed E-state index contributed by atoms with van der Waals surface area (Å²) < 4.78 is 0. The zero-order chi connectivity index (χ0) is 13.0. The van der Waals surface area contributed by atoms with Gasteiger partial charge in [0.15, 0.2) is 5.78 Å². The highest BCUT2D eigenvalue weighted by Crippen LogP contribution is 2.21. The standard InChI is InChI=1S/C16H13ClO/c1-12(18)16(11-13-5-3-2-4-6-13)14-7-9-15(17)10-8-14/h2-11H,1H3/b16-11-. The molecule has 2 aromatic rings. The van der Waals surface area contributed by atoms with Crippen LogP contribution in [0.3, 0.4) is 0 Å². The van der Waals surface area contributed by atoms with Gasteiger partial charge in [-0.15, -0.1) is 0 Å². The Morgan fingerprint density at radius 2 is 1.61 bits per heavy atom. The maximum Gasteiger partial charge on any atom is 0.160 e. The van der Waals surface area contributed by atoms with E-state index in [1.54, 1.807) is 19.1 Å². The molecule has 0 aliphatic carbocycles. The molecule has 0 unspecified atom stereocenters. The predicted molar refractivity (Wildman–Crippen MR) is 76.4 cm³/mol. The van der Waals surface area contributed by atoms with E-state index in [1.807, 2.05) is 48.5 Å². The highest BCUT2D eigenvalue weighted by atomic mass is 35.5. The molecule has 0 fully saturated rings. The molecule has 18 heavy (non-hydrogen) atoms. The largest absolute Gasteiger partial charge is 0.294 e. The number of hydrogen-bond acceptors (Lipinski definition) is 1. The molecule has 0 radical (unpaired) electrons. The molecule has 0 bridgehead atoms. The number of allylic oxidation sites excluding steroid dienone is 1. The summed E-state index contributed by atoms with van der Waals surface area (Å²) >= 11 is 5.85. The van der Waals surface area contributed by atoms with Crippen molar-refractivity contribution < 1.29 is 4.79 Å². The third-order valence-electron chi connectivity index (χ3n) is 2.65. The molecule has 0 spiro atoms. The lowest BCUT2D eigenvalue weighted by molar-refractivity contribution is -0.111. The molecule has 0 saturated carbocycles. The molecule has 0 aromatic heterocycles. The molecular formula is C16H13ClO. The minimum absolute atomic E-state index is 0.0428. The van der Waals surface area contributed by atoms with Gasteiger partial charge in [0.25, 0.3) is 0 Å². The van der Waals surface area contributed by atoms with E-state index >= 15 is 0 Å². The Bertz CT molecular complexity index is 568. The van der Waals surface area contributed by atoms with Gasteiger partial charge in [-0.05, 0) is 36.3 Å². The first kappa shape index (κ1) is 12.6. The molecule has 0 aliphatic rings. The first-order chi connectivity index (χ1) is 8.66. The normalized spacial score (nSPS) is 11.3. The van der Waals surface area contributed by atoms with Gasteiger partial charge in [0, 0.05) is 10.6 Å². The monoisotopic (exact) mass is 256 g/mol. The second kappa shape index (κ2) is 5.65. The molecule has 90 valence electrons. The average Bonchev–Trinajstić information content (AvgIpc) is 2.38. The summed E-state index contributed by atoms with van der Waals surface area (Å²) in [6.07, 6.45) is 1.89. The van der Waals surface area contributed by atoms with Crippen LogP contribution in [0.5, 0.6) is 0 Å². The van der Waals surface area contributed by atoms with Crippen molar-refractivity contribution in [3.05, 3.63) is 70.7 Å². The van der Waals surface area contributed by atoms with E-state index < -0.39 is 0 Å². The van der Waals surface area contributed by atoms with Gasteiger partial charge < -0.3 is 0 Å². The molecule has 0 aliphatic heterocycles. The molecule has 0 saturated heterocycles. The highest BCUT2D eigenvalue weighted by molar-refractivity contribution is 6.31. The third kappa shape index (κ3) is 3.08. The zero-order valence-electron chi connectivity index (χ0n) is 10.1. The van der Waals surface area contributed by atoms with Gasteiger partial charge in [-0.1, -0.05) is 54.1 Å². The van der Waals surface area contributed by atoms with Crippen LogP contribution in [0, 0.1) is 0 Å². The van der Waals surface area contributed by atoms with Crippen LogP contribution in [-0.4, -0.2) is 5.78 Å². The molecule has 0 atom stereocenters. The van der Waals surface area contributed by atoms with E-state index in [1.165, 1.54) is 0 Å². The van der Waals surface area contributed by atoms with Crippen molar-refractivity contribution in [2.24, 2.45) is 0 Å². The van der Waals surface area contributed by atoms with Crippen LogP contribution in [0.1, 0.15) is 18.1 Å². The third-order valence-corrected chi connectivity index (χ3v) is 2.90. The van der Waals surface area contributed by atoms with Crippen LogP contribution in [0.2, 0.25) is 5.02 Å². The number of Topliss-reactive ketones (excluding diaryl/α,β-unsaturated/α-hetero) is 1. The minimum atomic E-state index is 0.0428. The molecule has 2 rings (SSSR count). The Balaban J connectivity index is 2.44. The number of carbonyl (C=O) groups excluding carboxylic acids is 1. The van der Waals surface area contributed by atoms with Crippen LogP contribution in [0.15, 0.2) is 54.6 Å². The average molecular weight is 257 g/mol. The maximum atomic E-state index is 11.7. The SMILES string of the molecule is CC(=O)/C(=C/c1ccccc1)c1ccc(Cl)cc1. The van der Waals surface area contributed by atoms with Gasteiger partial charge >= 0.3 is 0 Å². The Kier molecular flexibility index (Phi) is 3.96. The van der Waals surface area contributed by atoms with E-state index in [4.69, 9.17) is 11.6 Å². The van der Waals surface area contributed by atoms with Crippen LogP contribution in [0.25, 0.3) is 11.6 Å². The number of benzene rings is 2. The summed E-state index contributed by atoms with van der Waals surface area (Å²) in [6, 6.07) is 17.1. The summed E-state index contributed by atoms with van der Waals surface area (Å²) in [7, 11) is 0. The van der Waals surface area contributed by atoms with Crippen molar-refractivity contribution in [2.45, 2.75) is 6.92 Å². The molecule has 0 N–H and O–H groups in total. The topological polar surface area (TPSA) is 17.1 Å². The fourth-order valence-electron chi connectivity index (χ4n) is 1.73. The van der Waals surface area contributed by atoms with E-state index in [0.29, 0.717) is 10.6 Å². The Hall–Kier alpha value is -1.86. The van der Waals surface area contributed by atoms with Gasteiger partial charge in [0.2, 0.25) is 0 Å². The summed E-state index contributed by atoms with van der Waals surface area (Å²) in [4.78, 5) is 11.7. The first-order valence-electron chi connectivity index (χ1n) is 5.70. The van der Waals surface area contributed by atoms with Crippen molar-refractivity contribution in [3.63, 3.8) is 0 Å². The first-order valence-corrected chi connectivity index (χ1v) is 6.08. The van der Waals surface area contributed by atoms with Gasteiger partial charge in [0.05, 0.1) is 0 Å². The number of ketones is 1. The van der Waals surface area contributed by atoms with Crippen LogP contribution in [0.4, 0.5) is 0 Å². The molecule has 2 heteroatoms. The van der Waals surface area contributed by atoms with Crippen molar-refractivity contribution in [1.29, 1.82) is 0 Å². The van der Waals surface area contributed by atoms with Crippen molar-refractivity contribution >= 4 is 29.0 Å². The lowest BCUT2D eigenvalue weighted by Crippen LogP contribution is -1.95. The smallest absolute Gasteiger partial charge is 0.160 e. The quantitative estimate of drug-likeness (QED) is 0.585. The maximum absolute atomic E-state index is 11.7. The van der Waals surface area contributed by atoms with E-state index in [0.717, 1.165) is 11.1 Å². The van der Waals surface area contributed by atoms with Gasteiger partial charge in [0.1, 0.15) is 0 Å². The summed E-state index contributed by atoms with van der Waals surface area (Å²) in [6.45, 7) is 1.57. The van der Waals surface area contributed by atoms with Crippen molar-refractivity contribution in [3.8, 4) is 0 Å². The number of rotatable bonds is 3. The summed E-state index contributed by atoms with van der Waals surface area (Å²) in [5, 5.41) is 0.668. The molecule has 0 amide bonds. The van der Waals surface area contributed by atoms with Gasteiger partial charge in [-0.2, -0.15) is 0 Å². The van der Waals surface area contributed by atoms with Gasteiger partial charge in [-0.25, -0.2) is 0 Å². The van der Waals surface area contributed by atoms with Crippen LogP contribution >= 0.6 is 11.6 Å². The number of carbonyl (C=O) groups is 1. The van der Waals surface area contributed by atoms with E-state index in [2.05, 4.69) is 0 Å². The van der Waals surface area contributed by atoms with Crippen LogP contribution in [-0.2, 0) is 4.79 Å². The number of halogens is 1. The van der Waals surface area contributed by atoms with Crippen molar-refractivity contribution in [2.75, 3.05) is 0 Å². The molecule has 0 heterocycles. The fourth-order valence-corrected chi connectivity index (χ4v) is 1.86. The second-order valence-electron chi connectivity index (χ2n) is 4.03. The molecule has 1 nitrogen and oxygen atoms in total. The van der Waals surface area contributed by atoms with E-state index in [-0.39, 0.29) is 5.78 Å². The molecular weight excluding hydrogens is 244 g/mol. The Morgan fingerprint density at radius 3 is 2.17 bits per heavy atom. The number of hydrogen-bond donors (Lipinski definition) is 0. The predicted octanol–water partition coefficient (Wildman–Crippen LogP) is 4.47. The van der Waals surface area contributed by atoms with Gasteiger partial charge in [-0.3, -0.25) is 4.79 Å². The second-order valence-corrected chi connectivity index (χ2v) is 4.47. The minimum Gasteiger partial charge on any atom is -0.294 e. The lowest BCUT2D eigenvalue weighted by atomic mass is 10.00. The highest BCUT2D eigenvalue weighted by Gasteiger charge is 2.07. The summed E-state index contributed by atoms with van der Waals surface area (Å²) in [5.41, 5.74) is 2.59.